The second kappa shape index (κ2) is 5.80. The first-order valence-corrected chi connectivity index (χ1v) is 6.10. The van der Waals surface area contributed by atoms with E-state index in [1.165, 1.54) is 5.56 Å². The molecule has 0 amide bonds. The predicted octanol–water partition coefficient (Wildman–Crippen LogP) is 3.36. The average Bonchev–Trinajstić information content (AvgIpc) is 2.33. The van der Waals surface area contributed by atoms with E-state index < -0.39 is 0 Å². The Bertz CT molecular complexity index is 502. The smallest absolute Gasteiger partial charge is 0.144 e. The molecule has 0 aliphatic heterocycles. The van der Waals surface area contributed by atoms with Gasteiger partial charge in [-0.1, -0.05) is 12.1 Å². The van der Waals surface area contributed by atoms with Gasteiger partial charge >= 0.3 is 0 Å². The summed E-state index contributed by atoms with van der Waals surface area (Å²) in [5.41, 5.74) is 1.19. The molecule has 88 valence electrons. The Balaban J connectivity index is 2.18. The molecule has 3 nitrogen and oxygen atoms in total. The van der Waals surface area contributed by atoms with Crippen LogP contribution >= 0.6 is 15.9 Å². The Hall–Kier alpha value is -1.39. The Morgan fingerprint density at radius 3 is 3.00 bits per heavy atom. The van der Waals surface area contributed by atoms with E-state index in [4.69, 9.17) is 4.74 Å². The van der Waals surface area contributed by atoms with Crippen molar-refractivity contribution in [1.82, 2.24) is 10.3 Å². The fraction of sp³-hybridized carbons (Fsp3) is 0.154. The number of hydrogen-bond donors (Lipinski definition) is 1. The predicted molar refractivity (Wildman–Crippen MR) is 71.2 cm³/mol. The highest BCUT2D eigenvalue weighted by molar-refractivity contribution is 9.10. The molecule has 0 saturated heterocycles. The lowest BCUT2D eigenvalue weighted by Crippen LogP contribution is -2.04. The van der Waals surface area contributed by atoms with Crippen LogP contribution < -0.4 is 10.1 Å². The highest BCUT2D eigenvalue weighted by Gasteiger charge is 2.02. The van der Waals surface area contributed by atoms with Crippen LogP contribution in [0.25, 0.3) is 0 Å². The summed E-state index contributed by atoms with van der Waals surface area (Å²) >= 11 is 3.40. The summed E-state index contributed by atoms with van der Waals surface area (Å²) in [4.78, 5) is 4.00. The summed E-state index contributed by atoms with van der Waals surface area (Å²) in [5.74, 6) is 1.59. The molecule has 0 atom stereocenters. The molecule has 0 spiro atoms. The molecule has 1 aromatic carbocycles. The van der Waals surface area contributed by atoms with Gasteiger partial charge in [0.25, 0.3) is 0 Å². The van der Waals surface area contributed by atoms with Crippen LogP contribution in [0.2, 0.25) is 0 Å². The number of rotatable bonds is 4. The maximum atomic E-state index is 5.78. The monoisotopic (exact) mass is 292 g/mol. The van der Waals surface area contributed by atoms with Gasteiger partial charge in [0.05, 0.1) is 4.47 Å². The van der Waals surface area contributed by atoms with Crippen LogP contribution in [0.5, 0.6) is 11.5 Å². The zero-order valence-corrected chi connectivity index (χ0v) is 11.1. The van der Waals surface area contributed by atoms with Crippen molar-refractivity contribution in [2.45, 2.75) is 6.54 Å². The Kier molecular flexibility index (Phi) is 4.12. The molecule has 1 N–H and O–H groups in total. The van der Waals surface area contributed by atoms with Crippen LogP contribution in [-0.4, -0.2) is 12.0 Å². The van der Waals surface area contributed by atoms with E-state index >= 15 is 0 Å². The maximum absolute atomic E-state index is 5.78. The van der Waals surface area contributed by atoms with Crippen LogP contribution in [-0.2, 0) is 6.54 Å². The first-order chi connectivity index (χ1) is 8.29. The quantitative estimate of drug-likeness (QED) is 0.938. The summed E-state index contributed by atoms with van der Waals surface area (Å²) < 4.78 is 6.63. The molecule has 0 aliphatic rings. The van der Waals surface area contributed by atoms with Crippen LogP contribution in [0.4, 0.5) is 0 Å². The van der Waals surface area contributed by atoms with Crippen LogP contribution in [0.15, 0.2) is 47.2 Å². The molecular formula is C13H13BrN2O. The SMILES string of the molecule is CNCc1cccc(Oc2ccncc2Br)c1. The number of pyridine rings is 1. The largest absolute Gasteiger partial charge is 0.456 e. The van der Waals surface area contributed by atoms with Gasteiger partial charge in [-0.05, 0) is 40.7 Å². The summed E-state index contributed by atoms with van der Waals surface area (Å²) in [6, 6.07) is 9.83. The van der Waals surface area contributed by atoms with Gasteiger partial charge in [-0.15, -0.1) is 0 Å². The van der Waals surface area contributed by atoms with Crippen molar-refractivity contribution in [3.63, 3.8) is 0 Å². The normalized spacial score (nSPS) is 10.2. The first-order valence-electron chi connectivity index (χ1n) is 5.30. The van der Waals surface area contributed by atoms with Crippen molar-refractivity contribution in [3.05, 3.63) is 52.8 Å². The maximum Gasteiger partial charge on any atom is 0.144 e. The number of nitrogens with zero attached hydrogens (tertiary/aromatic N) is 1. The second-order valence-corrected chi connectivity index (χ2v) is 4.44. The van der Waals surface area contributed by atoms with Crippen molar-refractivity contribution < 1.29 is 4.74 Å². The third-order valence-corrected chi connectivity index (χ3v) is 2.84. The highest BCUT2D eigenvalue weighted by atomic mass is 79.9. The van der Waals surface area contributed by atoms with Crippen molar-refractivity contribution in [2.75, 3.05) is 7.05 Å². The Morgan fingerprint density at radius 2 is 2.24 bits per heavy atom. The lowest BCUT2D eigenvalue weighted by molar-refractivity contribution is 0.478. The molecule has 0 aliphatic carbocycles. The molecule has 1 aromatic heterocycles. The van der Waals surface area contributed by atoms with Gasteiger partial charge in [-0.2, -0.15) is 0 Å². The van der Waals surface area contributed by atoms with Gasteiger partial charge in [0.1, 0.15) is 11.5 Å². The molecule has 2 aromatic rings. The molecule has 4 heteroatoms. The van der Waals surface area contributed by atoms with Crippen LogP contribution in [0.3, 0.4) is 0 Å². The number of ether oxygens (including phenoxy) is 1. The molecule has 0 radical (unpaired) electrons. The summed E-state index contributed by atoms with van der Waals surface area (Å²) in [7, 11) is 1.92. The first kappa shape index (κ1) is 12.1. The Morgan fingerprint density at radius 1 is 1.35 bits per heavy atom. The molecule has 0 bridgehead atoms. The van der Waals surface area contributed by atoms with Gasteiger partial charge in [-0.3, -0.25) is 4.98 Å². The Labute approximate surface area is 109 Å². The topological polar surface area (TPSA) is 34.1 Å². The summed E-state index contributed by atoms with van der Waals surface area (Å²) in [6.07, 6.45) is 3.42. The highest BCUT2D eigenvalue weighted by Crippen LogP contribution is 2.28. The van der Waals surface area contributed by atoms with Gasteiger partial charge < -0.3 is 10.1 Å². The number of halogens is 1. The zero-order chi connectivity index (χ0) is 12.1. The minimum atomic E-state index is 0.765. The summed E-state index contributed by atoms with van der Waals surface area (Å²) in [6.45, 7) is 0.828. The molecule has 0 fully saturated rings. The van der Waals surface area contributed by atoms with Crippen LogP contribution in [0.1, 0.15) is 5.56 Å². The fourth-order valence-corrected chi connectivity index (χ4v) is 1.83. The van der Waals surface area contributed by atoms with Crippen molar-refractivity contribution in [1.29, 1.82) is 0 Å². The number of nitrogens with one attached hydrogen (secondary N) is 1. The van der Waals surface area contributed by atoms with Gasteiger partial charge in [0, 0.05) is 25.0 Å². The third-order valence-electron chi connectivity index (χ3n) is 2.24. The average molecular weight is 293 g/mol. The lowest BCUT2D eigenvalue weighted by atomic mass is 10.2. The van der Waals surface area contributed by atoms with E-state index in [0.717, 1.165) is 22.5 Å². The summed E-state index contributed by atoms with van der Waals surface area (Å²) in [5, 5.41) is 3.11. The van der Waals surface area contributed by atoms with Gasteiger partial charge in [0.15, 0.2) is 0 Å². The van der Waals surface area contributed by atoms with E-state index in [9.17, 15) is 0 Å². The fourth-order valence-electron chi connectivity index (χ4n) is 1.50. The van der Waals surface area contributed by atoms with Crippen molar-refractivity contribution in [3.8, 4) is 11.5 Å². The van der Waals surface area contributed by atoms with Crippen molar-refractivity contribution >= 4 is 15.9 Å². The van der Waals surface area contributed by atoms with E-state index in [0.29, 0.717) is 0 Å². The molecule has 17 heavy (non-hydrogen) atoms. The molecule has 1 heterocycles. The molecule has 0 saturated carbocycles. The minimum Gasteiger partial charge on any atom is -0.456 e. The van der Waals surface area contributed by atoms with Crippen LogP contribution in [0, 0.1) is 0 Å². The van der Waals surface area contributed by atoms with E-state index in [1.54, 1.807) is 12.4 Å². The van der Waals surface area contributed by atoms with E-state index in [1.807, 2.05) is 31.3 Å². The number of hydrogen-bond acceptors (Lipinski definition) is 3. The standard InChI is InChI=1S/C13H13BrN2O/c1-15-8-10-3-2-4-11(7-10)17-13-5-6-16-9-12(13)14/h2-7,9,15H,8H2,1H3. The third kappa shape index (κ3) is 3.28. The van der Waals surface area contributed by atoms with E-state index in [2.05, 4.69) is 32.3 Å². The second-order valence-electron chi connectivity index (χ2n) is 3.59. The molecule has 2 rings (SSSR count). The minimum absolute atomic E-state index is 0.765. The lowest BCUT2D eigenvalue weighted by Gasteiger charge is -2.08. The number of benzene rings is 1. The molecule has 0 unspecified atom stereocenters. The zero-order valence-electron chi connectivity index (χ0n) is 9.48. The van der Waals surface area contributed by atoms with E-state index in [-0.39, 0.29) is 0 Å². The molecular weight excluding hydrogens is 280 g/mol. The number of aromatic nitrogens is 1. The van der Waals surface area contributed by atoms with Gasteiger partial charge in [0.2, 0.25) is 0 Å². The van der Waals surface area contributed by atoms with Crippen molar-refractivity contribution in [2.24, 2.45) is 0 Å². The van der Waals surface area contributed by atoms with Gasteiger partial charge in [-0.25, -0.2) is 0 Å².